The summed E-state index contributed by atoms with van der Waals surface area (Å²) < 4.78 is 7.50. The van der Waals surface area contributed by atoms with Gasteiger partial charge in [-0.3, -0.25) is 53.7 Å². The second-order valence-electron chi connectivity index (χ2n) is 15.7. The van der Waals surface area contributed by atoms with E-state index < -0.39 is 29.7 Å². The Labute approximate surface area is 347 Å². The summed E-state index contributed by atoms with van der Waals surface area (Å²) >= 11 is 0. The molecule has 2 aliphatic carbocycles. The standard InChI is InChI=1S/C44H37N9O8/c54-34-14-13-33(40(56)48-34)53-41(57)30-4-2-5-31(37(30)44(53)60)45-17-18-61-22-27-21-51(50-49-27)20-26-15-16-46-38-29(26)3-1-6-32(38)47-39(55)23-9-11-28(12-10-23)52-42(58)35-24-7-8-25(19-24)36(35)43(52)59/h1-12,15-16,21,24-25,33,35-36,45H,13-14,17-20,22H2,(H,47,55)(H,48,54,56)/t24-,25+,33?,35-,36+. The van der Waals surface area contributed by atoms with E-state index in [-0.39, 0.29) is 78.6 Å². The number of nitrogens with one attached hydrogen (secondary N) is 3. The Morgan fingerprint density at radius 1 is 0.869 bits per heavy atom. The number of carbonyl (C=O) groups excluding carboxylic acids is 7. The van der Waals surface area contributed by atoms with Crippen LogP contribution >= 0.6 is 0 Å². The minimum atomic E-state index is -1.05. The summed E-state index contributed by atoms with van der Waals surface area (Å²) in [6, 6.07) is 17.7. The van der Waals surface area contributed by atoms with Crippen molar-refractivity contribution in [2.45, 2.75) is 38.5 Å². The van der Waals surface area contributed by atoms with E-state index in [1.165, 1.54) is 11.0 Å². The molecule has 10 rings (SSSR count). The fourth-order valence-corrected chi connectivity index (χ4v) is 9.34. The predicted octanol–water partition coefficient (Wildman–Crippen LogP) is 3.47. The summed E-state index contributed by atoms with van der Waals surface area (Å²) in [6.45, 7) is 1.06. The molecule has 1 unspecified atom stereocenters. The summed E-state index contributed by atoms with van der Waals surface area (Å²) in [5, 5.41) is 17.6. The average Bonchev–Trinajstić information content (AvgIpc) is 4.09. The van der Waals surface area contributed by atoms with E-state index in [9.17, 15) is 33.6 Å². The summed E-state index contributed by atoms with van der Waals surface area (Å²) in [5.74, 6) is -3.34. The van der Waals surface area contributed by atoms with E-state index >= 15 is 0 Å². The van der Waals surface area contributed by atoms with Gasteiger partial charge in [0, 0.05) is 35.8 Å². The van der Waals surface area contributed by atoms with Gasteiger partial charge in [-0.15, -0.1) is 5.10 Å². The molecule has 61 heavy (non-hydrogen) atoms. The Morgan fingerprint density at radius 3 is 2.39 bits per heavy atom. The normalized spacial score (nSPS) is 22.7. The molecule has 2 bridgehead atoms. The molecule has 7 amide bonds. The van der Waals surface area contributed by atoms with Crippen molar-refractivity contribution in [1.82, 2.24) is 30.2 Å². The van der Waals surface area contributed by atoms with Crippen LogP contribution in [0.1, 0.15) is 61.6 Å². The number of anilines is 3. The van der Waals surface area contributed by atoms with Gasteiger partial charge in [-0.05, 0) is 78.8 Å². The van der Waals surface area contributed by atoms with E-state index in [1.54, 1.807) is 59.5 Å². The number of piperidine rings is 1. The van der Waals surface area contributed by atoms with Crippen molar-refractivity contribution < 1.29 is 38.3 Å². The highest BCUT2D eigenvalue weighted by atomic mass is 16.5. The molecule has 5 heterocycles. The Morgan fingerprint density at radius 2 is 1.62 bits per heavy atom. The third-order valence-electron chi connectivity index (χ3n) is 12.2. The van der Waals surface area contributed by atoms with Crippen LogP contribution in [0.2, 0.25) is 0 Å². The Hall–Kier alpha value is -7.40. The molecule has 5 aliphatic rings. The van der Waals surface area contributed by atoms with Gasteiger partial charge in [-0.1, -0.05) is 35.6 Å². The fourth-order valence-electron chi connectivity index (χ4n) is 9.34. The number of carbonyl (C=O) groups is 7. The molecule has 5 aromatic rings. The molecule has 5 atom stereocenters. The first-order chi connectivity index (χ1) is 29.6. The zero-order chi connectivity index (χ0) is 41.9. The summed E-state index contributed by atoms with van der Waals surface area (Å²) in [7, 11) is 0. The molecular formula is C44H37N9O8. The van der Waals surface area contributed by atoms with Gasteiger partial charge in [-0.2, -0.15) is 0 Å². The quantitative estimate of drug-likeness (QED) is 0.0938. The summed E-state index contributed by atoms with van der Waals surface area (Å²) in [5.41, 5.74) is 4.19. The van der Waals surface area contributed by atoms with E-state index in [0.29, 0.717) is 46.9 Å². The number of rotatable bonds is 12. The number of pyridine rings is 1. The number of benzene rings is 3. The number of allylic oxidation sites excluding steroid dienone is 2. The van der Waals surface area contributed by atoms with Gasteiger partial charge in [0.15, 0.2) is 0 Å². The van der Waals surface area contributed by atoms with Crippen molar-refractivity contribution >= 4 is 69.3 Å². The number of amides is 7. The summed E-state index contributed by atoms with van der Waals surface area (Å²) in [6.07, 6.45) is 8.52. The van der Waals surface area contributed by atoms with E-state index in [0.717, 1.165) is 22.3 Å². The van der Waals surface area contributed by atoms with Gasteiger partial charge in [0.05, 0.1) is 65.8 Å². The maximum absolute atomic E-state index is 13.4. The largest absolute Gasteiger partial charge is 0.382 e. The molecule has 3 N–H and O–H groups in total. The first-order valence-corrected chi connectivity index (χ1v) is 20.0. The minimum absolute atomic E-state index is 0.0396. The smallest absolute Gasteiger partial charge is 0.264 e. The van der Waals surface area contributed by atoms with Gasteiger partial charge in [0.1, 0.15) is 11.7 Å². The third-order valence-corrected chi connectivity index (χ3v) is 12.2. The molecule has 3 fully saturated rings. The number of fused-ring (bicyclic) bond motifs is 7. The maximum atomic E-state index is 13.4. The molecule has 2 aromatic heterocycles. The van der Waals surface area contributed by atoms with Gasteiger partial charge >= 0.3 is 0 Å². The van der Waals surface area contributed by atoms with Crippen LogP contribution in [0.5, 0.6) is 0 Å². The number of hydrogen-bond donors (Lipinski definition) is 3. The predicted molar refractivity (Wildman–Crippen MR) is 217 cm³/mol. The second kappa shape index (κ2) is 15.0. The molecule has 1 saturated carbocycles. The van der Waals surface area contributed by atoms with Crippen LogP contribution in [0.25, 0.3) is 10.9 Å². The van der Waals surface area contributed by atoms with Crippen molar-refractivity contribution in [3.8, 4) is 0 Å². The van der Waals surface area contributed by atoms with Crippen molar-refractivity contribution in [1.29, 1.82) is 0 Å². The molecule has 0 radical (unpaired) electrons. The van der Waals surface area contributed by atoms with E-state index in [1.807, 2.05) is 18.2 Å². The van der Waals surface area contributed by atoms with Crippen LogP contribution in [0, 0.1) is 23.7 Å². The third kappa shape index (κ3) is 6.53. The molecule has 3 aliphatic heterocycles. The van der Waals surface area contributed by atoms with Crippen LogP contribution in [-0.2, 0) is 37.1 Å². The zero-order valence-corrected chi connectivity index (χ0v) is 32.4. The zero-order valence-electron chi connectivity index (χ0n) is 32.4. The van der Waals surface area contributed by atoms with Crippen LogP contribution in [0.15, 0.2) is 91.3 Å². The number of nitrogens with zero attached hydrogens (tertiary/aromatic N) is 6. The lowest BCUT2D eigenvalue weighted by Crippen LogP contribution is -2.54. The monoisotopic (exact) mass is 819 g/mol. The van der Waals surface area contributed by atoms with Gasteiger partial charge in [-0.25, -0.2) is 4.68 Å². The highest BCUT2D eigenvalue weighted by Crippen LogP contribution is 2.53. The topological polar surface area (TPSA) is 215 Å². The van der Waals surface area contributed by atoms with Crippen LogP contribution < -0.4 is 20.9 Å². The maximum Gasteiger partial charge on any atom is 0.264 e. The SMILES string of the molecule is O=C1CCC(N2C(=O)c3cccc(NCCOCc4cn(Cc5ccnc6c(NC(=O)c7ccc(N8C(=O)[C@@H]9[C@H](C8=O)[C@@H]8C=C[C@H]9C8)cc7)cccc56)nn4)c3C2=O)C(=O)N1. The number of hydrogen-bond acceptors (Lipinski definition) is 12. The van der Waals surface area contributed by atoms with Crippen molar-refractivity contribution in [2.75, 3.05) is 28.7 Å². The lowest BCUT2D eigenvalue weighted by atomic mass is 9.85. The minimum Gasteiger partial charge on any atom is -0.382 e. The Balaban J connectivity index is 0.737. The van der Waals surface area contributed by atoms with Crippen molar-refractivity contribution in [3.63, 3.8) is 0 Å². The van der Waals surface area contributed by atoms with Crippen LogP contribution in [-0.4, -0.2) is 85.4 Å². The van der Waals surface area contributed by atoms with Crippen LogP contribution in [0.3, 0.4) is 0 Å². The lowest BCUT2D eigenvalue weighted by Gasteiger charge is -2.27. The Bertz CT molecular complexity index is 2720. The highest BCUT2D eigenvalue weighted by Gasteiger charge is 2.59. The molecular weight excluding hydrogens is 783 g/mol. The van der Waals surface area contributed by atoms with Crippen LogP contribution in [0.4, 0.5) is 17.1 Å². The first kappa shape index (κ1) is 37.8. The van der Waals surface area contributed by atoms with Crippen molar-refractivity contribution in [3.05, 3.63) is 119 Å². The molecule has 17 nitrogen and oxygen atoms in total. The molecule has 0 spiro atoms. The van der Waals surface area contributed by atoms with Crippen molar-refractivity contribution in [2.24, 2.45) is 23.7 Å². The number of aromatic nitrogens is 4. The number of para-hydroxylation sites is 1. The molecule has 2 saturated heterocycles. The van der Waals surface area contributed by atoms with Gasteiger partial charge in [0.2, 0.25) is 23.6 Å². The lowest BCUT2D eigenvalue weighted by molar-refractivity contribution is -0.136. The number of ether oxygens (including phenoxy) is 1. The molecule has 3 aromatic carbocycles. The molecule has 17 heteroatoms. The average molecular weight is 820 g/mol. The first-order valence-electron chi connectivity index (χ1n) is 20.0. The second-order valence-corrected chi connectivity index (χ2v) is 15.7. The highest BCUT2D eigenvalue weighted by molar-refractivity contribution is 6.26. The summed E-state index contributed by atoms with van der Waals surface area (Å²) in [4.78, 5) is 97.2. The van der Waals surface area contributed by atoms with E-state index in [4.69, 9.17) is 4.74 Å². The van der Waals surface area contributed by atoms with Gasteiger partial charge in [0.25, 0.3) is 17.7 Å². The molecule has 306 valence electrons. The van der Waals surface area contributed by atoms with E-state index in [2.05, 4.69) is 43.4 Å². The number of imide groups is 3. The van der Waals surface area contributed by atoms with Gasteiger partial charge < -0.3 is 15.4 Å². The Kier molecular flexibility index (Phi) is 9.31. The fraction of sp³-hybridized carbons (Fsp3) is 0.273.